The van der Waals surface area contributed by atoms with Gasteiger partial charge in [-0.05, 0) is 41.5 Å². The highest BCUT2D eigenvalue weighted by Crippen LogP contribution is 2.16. The SMILES string of the molecule is COc1ccc(C=CC=C(C#N)c2cccc(F)c2)cc1. The molecule has 2 aromatic rings. The van der Waals surface area contributed by atoms with Gasteiger partial charge in [-0.25, -0.2) is 4.39 Å². The van der Waals surface area contributed by atoms with Crippen molar-refractivity contribution in [1.82, 2.24) is 0 Å². The molecule has 0 saturated heterocycles. The fourth-order valence-electron chi connectivity index (χ4n) is 1.82. The van der Waals surface area contributed by atoms with Crippen molar-refractivity contribution in [1.29, 1.82) is 5.26 Å². The molecule has 0 saturated carbocycles. The molecule has 2 nitrogen and oxygen atoms in total. The second-order valence-electron chi connectivity index (χ2n) is 4.33. The van der Waals surface area contributed by atoms with E-state index in [2.05, 4.69) is 6.07 Å². The molecule has 2 aromatic carbocycles. The minimum Gasteiger partial charge on any atom is -0.497 e. The Hall–Kier alpha value is -2.86. The first-order valence-electron chi connectivity index (χ1n) is 6.41. The first-order valence-corrected chi connectivity index (χ1v) is 6.41. The molecule has 0 aliphatic carbocycles. The zero-order valence-corrected chi connectivity index (χ0v) is 11.6. The summed E-state index contributed by atoms with van der Waals surface area (Å²) >= 11 is 0. The van der Waals surface area contributed by atoms with E-state index < -0.39 is 0 Å². The summed E-state index contributed by atoms with van der Waals surface area (Å²) in [6.45, 7) is 0. The quantitative estimate of drug-likeness (QED) is 0.611. The number of allylic oxidation sites excluding steroid dienone is 3. The molecule has 2 rings (SSSR count). The number of nitrogens with zero attached hydrogens (tertiary/aromatic N) is 1. The van der Waals surface area contributed by atoms with Crippen molar-refractivity contribution >= 4 is 11.6 Å². The van der Waals surface area contributed by atoms with Gasteiger partial charge in [0.1, 0.15) is 11.6 Å². The smallest absolute Gasteiger partial charge is 0.123 e. The van der Waals surface area contributed by atoms with Gasteiger partial charge in [0.05, 0.1) is 18.8 Å². The number of benzene rings is 2. The number of hydrogen-bond donors (Lipinski definition) is 0. The van der Waals surface area contributed by atoms with Crippen LogP contribution in [-0.2, 0) is 0 Å². The van der Waals surface area contributed by atoms with E-state index >= 15 is 0 Å². The van der Waals surface area contributed by atoms with E-state index in [0.29, 0.717) is 11.1 Å². The Morgan fingerprint density at radius 3 is 2.57 bits per heavy atom. The average molecular weight is 279 g/mol. The molecule has 0 atom stereocenters. The lowest BCUT2D eigenvalue weighted by atomic mass is 10.1. The predicted octanol–water partition coefficient (Wildman–Crippen LogP) is 4.45. The van der Waals surface area contributed by atoms with Gasteiger partial charge in [0, 0.05) is 0 Å². The summed E-state index contributed by atoms with van der Waals surface area (Å²) in [4.78, 5) is 0. The first kappa shape index (κ1) is 14.5. The molecule has 104 valence electrons. The van der Waals surface area contributed by atoms with Crippen LogP contribution in [0.15, 0.2) is 60.7 Å². The Bertz CT molecular complexity index is 709. The van der Waals surface area contributed by atoms with Crippen LogP contribution in [0.25, 0.3) is 11.6 Å². The van der Waals surface area contributed by atoms with E-state index in [-0.39, 0.29) is 5.82 Å². The van der Waals surface area contributed by atoms with Gasteiger partial charge in [-0.1, -0.05) is 36.4 Å². The monoisotopic (exact) mass is 279 g/mol. The normalized spacial score (nSPS) is 11.4. The van der Waals surface area contributed by atoms with Crippen LogP contribution >= 0.6 is 0 Å². The van der Waals surface area contributed by atoms with Crippen LogP contribution in [0.5, 0.6) is 5.75 Å². The van der Waals surface area contributed by atoms with E-state index in [0.717, 1.165) is 11.3 Å². The van der Waals surface area contributed by atoms with Gasteiger partial charge in [-0.15, -0.1) is 0 Å². The van der Waals surface area contributed by atoms with Crippen LogP contribution in [0.4, 0.5) is 4.39 Å². The average Bonchev–Trinajstić information content (AvgIpc) is 2.52. The van der Waals surface area contributed by atoms with Gasteiger partial charge >= 0.3 is 0 Å². The van der Waals surface area contributed by atoms with Crippen LogP contribution in [-0.4, -0.2) is 7.11 Å². The Labute approximate surface area is 123 Å². The number of halogens is 1. The van der Waals surface area contributed by atoms with E-state index in [1.54, 1.807) is 31.4 Å². The lowest BCUT2D eigenvalue weighted by Crippen LogP contribution is -1.83. The Balaban J connectivity index is 2.17. The van der Waals surface area contributed by atoms with Gasteiger partial charge in [0.2, 0.25) is 0 Å². The van der Waals surface area contributed by atoms with Gasteiger partial charge in [-0.3, -0.25) is 0 Å². The number of rotatable bonds is 4. The molecule has 0 fully saturated rings. The third kappa shape index (κ3) is 4.05. The van der Waals surface area contributed by atoms with Crippen molar-refractivity contribution in [2.45, 2.75) is 0 Å². The van der Waals surface area contributed by atoms with Crippen LogP contribution in [0.2, 0.25) is 0 Å². The highest BCUT2D eigenvalue weighted by atomic mass is 19.1. The highest BCUT2D eigenvalue weighted by molar-refractivity contribution is 5.78. The van der Waals surface area contributed by atoms with Gasteiger partial charge in [0.25, 0.3) is 0 Å². The molecule has 0 heterocycles. The summed E-state index contributed by atoms with van der Waals surface area (Å²) in [5, 5.41) is 9.14. The Morgan fingerprint density at radius 1 is 1.19 bits per heavy atom. The molecule has 3 heteroatoms. The van der Waals surface area contributed by atoms with Crippen LogP contribution in [0, 0.1) is 17.1 Å². The molecule has 0 bridgehead atoms. The fraction of sp³-hybridized carbons (Fsp3) is 0.0556. The molecular weight excluding hydrogens is 265 g/mol. The third-order valence-corrected chi connectivity index (χ3v) is 2.92. The predicted molar refractivity (Wildman–Crippen MR) is 82.0 cm³/mol. The molecule has 0 unspecified atom stereocenters. The van der Waals surface area contributed by atoms with Crippen molar-refractivity contribution in [3.63, 3.8) is 0 Å². The third-order valence-electron chi connectivity index (χ3n) is 2.92. The lowest BCUT2D eigenvalue weighted by molar-refractivity contribution is 0.415. The maximum Gasteiger partial charge on any atom is 0.123 e. The summed E-state index contributed by atoms with van der Waals surface area (Å²) < 4.78 is 18.2. The summed E-state index contributed by atoms with van der Waals surface area (Å²) in [5.41, 5.74) is 1.97. The molecule has 0 amide bonds. The summed E-state index contributed by atoms with van der Waals surface area (Å²) in [7, 11) is 1.62. The first-order chi connectivity index (χ1) is 10.2. The van der Waals surface area contributed by atoms with Crippen molar-refractivity contribution in [3.05, 3.63) is 77.6 Å². The Morgan fingerprint density at radius 2 is 1.95 bits per heavy atom. The molecule has 0 aliphatic rings. The topological polar surface area (TPSA) is 33.0 Å². The van der Waals surface area contributed by atoms with Crippen LogP contribution < -0.4 is 4.74 Å². The van der Waals surface area contributed by atoms with E-state index in [1.165, 1.54) is 12.1 Å². The Kier molecular flexibility index (Phi) is 4.89. The number of methoxy groups -OCH3 is 1. The molecule has 0 radical (unpaired) electrons. The minimum atomic E-state index is -0.354. The lowest BCUT2D eigenvalue weighted by Gasteiger charge is -1.99. The zero-order chi connectivity index (χ0) is 15.1. The standard InChI is InChI=1S/C18H14FNO/c1-21-18-10-8-14(9-11-18)4-2-6-16(13-20)15-5-3-7-17(19)12-15/h2-12H,1H3. The van der Waals surface area contributed by atoms with Crippen LogP contribution in [0.3, 0.4) is 0 Å². The van der Waals surface area contributed by atoms with Crippen molar-refractivity contribution in [3.8, 4) is 11.8 Å². The maximum absolute atomic E-state index is 13.2. The number of ether oxygens (including phenoxy) is 1. The summed E-state index contributed by atoms with van der Waals surface area (Å²) in [5.74, 6) is 0.438. The zero-order valence-electron chi connectivity index (χ0n) is 11.6. The fourth-order valence-corrected chi connectivity index (χ4v) is 1.82. The van der Waals surface area contributed by atoms with E-state index in [9.17, 15) is 4.39 Å². The highest BCUT2D eigenvalue weighted by Gasteiger charge is 2.00. The number of hydrogen-bond acceptors (Lipinski definition) is 2. The molecular formula is C18H14FNO. The largest absolute Gasteiger partial charge is 0.497 e. The summed E-state index contributed by atoms with van der Waals surface area (Å²) in [6.07, 6.45) is 5.31. The van der Waals surface area contributed by atoms with Gasteiger partial charge < -0.3 is 4.74 Å². The van der Waals surface area contributed by atoms with Crippen molar-refractivity contribution < 1.29 is 9.13 Å². The minimum absolute atomic E-state index is 0.354. The van der Waals surface area contributed by atoms with Gasteiger partial charge in [0.15, 0.2) is 0 Å². The molecule has 0 N–H and O–H groups in total. The molecule has 0 aliphatic heterocycles. The van der Waals surface area contributed by atoms with E-state index in [1.807, 2.05) is 30.3 Å². The second kappa shape index (κ2) is 7.06. The molecule has 0 aromatic heterocycles. The summed E-state index contributed by atoms with van der Waals surface area (Å²) in [6, 6.07) is 15.6. The maximum atomic E-state index is 13.2. The second-order valence-corrected chi connectivity index (χ2v) is 4.33. The van der Waals surface area contributed by atoms with Crippen molar-refractivity contribution in [2.24, 2.45) is 0 Å². The van der Waals surface area contributed by atoms with Gasteiger partial charge in [-0.2, -0.15) is 5.26 Å². The molecule has 21 heavy (non-hydrogen) atoms. The van der Waals surface area contributed by atoms with Crippen LogP contribution in [0.1, 0.15) is 11.1 Å². The number of nitriles is 1. The van der Waals surface area contributed by atoms with E-state index in [4.69, 9.17) is 10.00 Å². The van der Waals surface area contributed by atoms with Crippen molar-refractivity contribution in [2.75, 3.05) is 7.11 Å². The molecule has 0 spiro atoms.